The van der Waals surface area contributed by atoms with E-state index in [2.05, 4.69) is 20.7 Å². The zero-order valence-corrected chi connectivity index (χ0v) is 14.2. The fourth-order valence-corrected chi connectivity index (χ4v) is 2.44. The van der Waals surface area contributed by atoms with E-state index in [1.54, 1.807) is 7.11 Å². The first-order chi connectivity index (χ1) is 10.9. The number of carbonyl (C=O) groups is 1. The normalized spacial score (nSPS) is 10.7. The summed E-state index contributed by atoms with van der Waals surface area (Å²) in [6.45, 7) is 8.85. The zero-order valence-electron chi connectivity index (χ0n) is 14.2. The van der Waals surface area contributed by atoms with Gasteiger partial charge in [-0.3, -0.25) is 10.00 Å². The number of methoxy groups -OCH3 is 1. The third-order valence-corrected chi connectivity index (χ3v) is 3.47. The van der Waals surface area contributed by atoms with Crippen molar-refractivity contribution in [3.05, 3.63) is 34.8 Å². The van der Waals surface area contributed by atoms with E-state index < -0.39 is 0 Å². The quantitative estimate of drug-likeness (QED) is 0.888. The second-order valence-corrected chi connectivity index (χ2v) is 5.51. The molecular weight excluding hydrogens is 294 g/mol. The highest BCUT2D eigenvalue weighted by molar-refractivity contribution is 5.99. The number of amides is 2. The van der Waals surface area contributed by atoms with Gasteiger partial charge in [0.2, 0.25) is 0 Å². The fourth-order valence-electron chi connectivity index (χ4n) is 2.44. The van der Waals surface area contributed by atoms with Crippen molar-refractivity contribution in [1.29, 1.82) is 0 Å². The number of pyridine rings is 1. The van der Waals surface area contributed by atoms with Crippen LogP contribution in [0.3, 0.4) is 0 Å². The molecule has 0 atom stereocenters. The van der Waals surface area contributed by atoms with E-state index in [0.717, 1.165) is 22.6 Å². The number of rotatable bonds is 5. The number of aryl methyl sites for hydroxylation is 3. The summed E-state index contributed by atoms with van der Waals surface area (Å²) in [5.41, 5.74) is 4.28. The van der Waals surface area contributed by atoms with Gasteiger partial charge in [-0.2, -0.15) is 5.10 Å². The van der Waals surface area contributed by atoms with Gasteiger partial charge in [-0.15, -0.1) is 0 Å². The van der Waals surface area contributed by atoms with E-state index in [9.17, 15) is 4.79 Å². The van der Waals surface area contributed by atoms with Crippen LogP contribution in [0.25, 0.3) is 0 Å². The molecule has 2 rings (SSSR count). The van der Waals surface area contributed by atoms with E-state index in [1.165, 1.54) is 0 Å². The Morgan fingerprint density at radius 1 is 1.22 bits per heavy atom. The van der Waals surface area contributed by atoms with E-state index in [4.69, 9.17) is 4.74 Å². The average Bonchev–Trinajstić information content (AvgIpc) is 2.71. The van der Waals surface area contributed by atoms with Gasteiger partial charge in [-0.05, 0) is 45.4 Å². The van der Waals surface area contributed by atoms with Crippen molar-refractivity contribution in [2.75, 3.05) is 24.4 Å². The Balaban J connectivity index is 2.09. The summed E-state index contributed by atoms with van der Waals surface area (Å²) in [6.07, 6.45) is 0. The topological polar surface area (TPSA) is 81.1 Å². The monoisotopic (exact) mass is 317 g/mol. The number of carbonyl (C=O) groups excluding carboxylic acids is 1. The summed E-state index contributed by atoms with van der Waals surface area (Å²) in [5, 5.41) is 10.0. The molecule has 124 valence electrons. The lowest BCUT2D eigenvalue weighted by Gasteiger charge is -2.09. The van der Waals surface area contributed by atoms with Crippen LogP contribution in [0, 0.1) is 27.7 Å². The maximum absolute atomic E-state index is 12.2. The number of nitrogens with zero attached hydrogens (tertiary/aromatic N) is 3. The van der Waals surface area contributed by atoms with Gasteiger partial charge in [0.15, 0.2) is 0 Å². The number of hydrogen-bond donors (Lipinski definition) is 2. The Hall–Kier alpha value is -2.41. The van der Waals surface area contributed by atoms with Gasteiger partial charge >= 0.3 is 6.03 Å². The van der Waals surface area contributed by atoms with Crippen molar-refractivity contribution in [2.45, 2.75) is 34.2 Å². The summed E-state index contributed by atoms with van der Waals surface area (Å²) in [7, 11) is 1.65. The zero-order chi connectivity index (χ0) is 17.0. The Morgan fingerprint density at radius 3 is 2.61 bits per heavy atom. The lowest BCUT2D eigenvalue weighted by molar-refractivity contribution is 0.182. The molecule has 0 radical (unpaired) electrons. The Labute approximate surface area is 136 Å². The van der Waals surface area contributed by atoms with Gasteiger partial charge in [0, 0.05) is 12.8 Å². The van der Waals surface area contributed by atoms with Crippen molar-refractivity contribution in [1.82, 2.24) is 14.8 Å². The van der Waals surface area contributed by atoms with Gasteiger partial charge in [0.25, 0.3) is 0 Å². The first-order valence-electron chi connectivity index (χ1n) is 7.47. The van der Waals surface area contributed by atoms with Crippen LogP contribution < -0.4 is 10.6 Å². The predicted molar refractivity (Wildman–Crippen MR) is 89.9 cm³/mol. The van der Waals surface area contributed by atoms with Crippen molar-refractivity contribution in [3.8, 4) is 0 Å². The SMILES string of the molecule is COCCn1nc(C)c(NC(=O)Nc2cc(C)cc(C)n2)c1C. The van der Waals surface area contributed by atoms with Crippen LogP contribution in [0.4, 0.5) is 16.3 Å². The molecule has 0 spiro atoms. The van der Waals surface area contributed by atoms with E-state index >= 15 is 0 Å². The van der Waals surface area contributed by atoms with Crippen molar-refractivity contribution >= 4 is 17.5 Å². The summed E-state index contributed by atoms with van der Waals surface area (Å²) in [6, 6.07) is 3.45. The summed E-state index contributed by atoms with van der Waals surface area (Å²) >= 11 is 0. The molecule has 2 heterocycles. The highest BCUT2D eigenvalue weighted by Gasteiger charge is 2.14. The van der Waals surface area contributed by atoms with Crippen LogP contribution in [0.15, 0.2) is 12.1 Å². The molecule has 0 bridgehead atoms. The van der Waals surface area contributed by atoms with E-state index in [1.807, 2.05) is 44.5 Å². The highest BCUT2D eigenvalue weighted by Crippen LogP contribution is 2.19. The van der Waals surface area contributed by atoms with Gasteiger partial charge in [-0.25, -0.2) is 9.78 Å². The lowest BCUT2D eigenvalue weighted by Crippen LogP contribution is -2.21. The molecule has 0 saturated heterocycles. The fraction of sp³-hybridized carbons (Fsp3) is 0.438. The number of anilines is 2. The van der Waals surface area contributed by atoms with Crippen molar-refractivity contribution in [3.63, 3.8) is 0 Å². The Bertz CT molecular complexity index is 688. The molecule has 7 nitrogen and oxygen atoms in total. The minimum absolute atomic E-state index is 0.333. The third-order valence-electron chi connectivity index (χ3n) is 3.47. The number of hydrogen-bond acceptors (Lipinski definition) is 4. The van der Waals surface area contributed by atoms with Crippen molar-refractivity contribution < 1.29 is 9.53 Å². The molecule has 7 heteroatoms. The largest absolute Gasteiger partial charge is 0.383 e. The summed E-state index contributed by atoms with van der Waals surface area (Å²) < 4.78 is 6.89. The minimum atomic E-state index is -0.333. The Morgan fingerprint density at radius 2 is 1.96 bits per heavy atom. The molecule has 2 aromatic heterocycles. The van der Waals surface area contributed by atoms with Crippen molar-refractivity contribution in [2.24, 2.45) is 0 Å². The number of urea groups is 1. The summed E-state index contributed by atoms with van der Waals surface area (Å²) in [5.74, 6) is 0.530. The van der Waals surface area contributed by atoms with Crippen LogP contribution in [-0.4, -0.2) is 34.5 Å². The maximum Gasteiger partial charge on any atom is 0.324 e. The highest BCUT2D eigenvalue weighted by atomic mass is 16.5. The smallest absolute Gasteiger partial charge is 0.324 e. The second-order valence-electron chi connectivity index (χ2n) is 5.51. The molecule has 0 saturated carbocycles. The number of nitrogens with one attached hydrogen (secondary N) is 2. The molecule has 0 aliphatic rings. The molecular formula is C16H23N5O2. The van der Waals surface area contributed by atoms with Crippen LogP contribution in [0.5, 0.6) is 0 Å². The first-order valence-corrected chi connectivity index (χ1v) is 7.47. The Kier molecular flexibility index (Phi) is 5.33. The van der Waals surface area contributed by atoms with Crippen LogP contribution in [-0.2, 0) is 11.3 Å². The molecule has 2 aromatic rings. The van der Waals surface area contributed by atoms with Gasteiger partial charge in [0.1, 0.15) is 5.82 Å². The molecule has 23 heavy (non-hydrogen) atoms. The van der Waals surface area contributed by atoms with Gasteiger partial charge < -0.3 is 10.1 Å². The first kappa shape index (κ1) is 17.0. The van der Waals surface area contributed by atoms with E-state index in [-0.39, 0.29) is 6.03 Å². The molecule has 0 fully saturated rings. The second kappa shape index (κ2) is 7.23. The lowest BCUT2D eigenvalue weighted by atomic mass is 10.2. The number of ether oxygens (including phenoxy) is 1. The average molecular weight is 317 g/mol. The maximum atomic E-state index is 12.2. The van der Waals surface area contributed by atoms with Gasteiger partial charge in [0.05, 0.1) is 30.2 Å². The molecule has 2 N–H and O–H groups in total. The van der Waals surface area contributed by atoms with Gasteiger partial charge in [-0.1, -0.05) is 0 Å². The minimum Gasteiger partial charge on any atom is -0.383 e. The number of aromatic nitrogens is 3. The molecule has 0 aliphatic heterocycles. The molecule has 0 aromatic carbocycles. The molecule has 0 aliphatic carbocycles. The third kappa shape index (κ3) is 4.29. The van der Waals surface area contributed by atoms with E-state index in [0.29, 0.717) is 24.7 Å². The van der Waals surface area contributed by atoms with Crippen LogP contribution >= 0.6 is 0 Å². The molecule has 2 amide bonds. The molecule has 0 unspecified atom stereocenters. The van der Waals surface area contributed by atoms with Crippen LogP contribution in [0.2, 0.25) is 0 Å². The predicted octanol–water partition coefficient (Wildman–Crippen LogP) is 2.80. The summed E-state index contributed by atoms with van der Waals surface area (Å²) in [4.78, 5) is 16.5. The van der Waals surface area contributed by atoms with Crippen LogP contribution in [0.1, 0.15) is 22.6 Å². The standard InChI is InChI=1S/C16H23N5O2/c1-10-8-11(2)17-14(9-10)18-16(22)19-15-12(3)20-21(13(15)4)6-7-23-5/h8-9H,6-7H2,1-5H3,(H2,17,18,19,22).